The van der Waals surface area contributed by atoms with E-state index in [0.717, 1.165) is 0 Å². The predicted octanol–water partition coefficient (Wildman–Crippen LogP) is 3.48. The third-order valence-corrected chi connectivity index (χ3v) is 4.47. The van der Waals surface area contributed by atoms with E-state index in [2.05, 4.69) is 0 Å². The van der Waals surface area contributed by atoms with Gasteiger partial charge in [-0.3, -0.25) is 19.4 Å². The Hall–Kier alpha value is -2.37. The Morgan fingerprint density at radius 1 is 1.04 bits per heavy atom. The molecule has 3 amide bonds. The molecular formula is C19H26N2O4. The molecular weight excluding hydrogens is 320 g/mol. The summed E-state index contributed by atoms with van der Waals surface area (Å²) < 4.78 is 0. The summed E-state index contributed by atoms with van der Waals surface area (Å²) in [6, 6.07) is 6.15. The number of hydrogen-bond acceptors (Lipinski definition) is 3. The van der Waals surface area contributed by atoms with E-state index in [9.17, 15) is 19.5 Å². The minimum Gasteiger partial charge on any atom is -0.465 e. The molecule has 1 atom stereocenters. The van der Waals surface area contributed by atoms with Gasteiger partial charge in [0.1, 0.15) is 0 Å². The Morgan fingerprint density at radius 3 is 1.80 bits per heavy atom. The number of amides is 3. The van der Waals surface area contributed by atoms with Crippen LogP contribution in [0.2, 0.25) is 0 Å². The van der Waals surface area contributed by atoms with Crippen molar-refractivity contribution in [2.45, 2.75) is 53.1 Å². The fourth-order valence-electron chi connectivity index (χ4n) is 3.21. The van der Waals surface area contributed by atoms with Gasteiger partial charge in [0.15, 0.2) is 0 Å². The molecule has 0 aromatic heterocycles. The fourth-order valence-corrected chi connectivity index (χ4v) is 3.21. The first-order valence-electron chi connectivity index (χ1n) is 8.33. The van der Waals surface area contributed by atoms with E-state index in [1.807, 2.05) is 41.5 Å². The zero-order valence-corrected chi connectivity index (χ0v) is 15.7. The standard InChI is InChI=1S/C19H26N2O4/c1-18(2,3)14(21(17(24)25)19(4,5)6)11-20-15(22)12-9-7-8-10-13(12)16(20)23/h7-10,14H,11H2,1-6H3,(H,24,25). The lowest BCUT2D eigenvalue weighted by atomic mass is 9.83. The van der Waals surface area contributed by atoms with Crippen LogP contribution in [0.1, 0.15) is 62.3 Å². The molecule has 6 nitrogen and oxygen atoms in total. The van der Waals surface area contributed by atoms with Crippen LogP contribution in [0.25, 0.3) is 0 Å². The minimum atomic E-state index is -1.07. The number of carbonyl (C=O) groups excluding carboxylic acids is 2. The van der Waals surface area contributed by atoms with E-state index < -0.39 is 23.1 Å². The molecule has 1 heterocycles. The summed E-state index contributed by atoms with van der Waals surface area (Å²) in [6.45, 7) is 11.2. The molecule has 0 saturated heterocycles. The van der Waals surface area contributed by atoms with Crippen LogP contribution in [-0.4, -0.2) is 50.9 Å². The summed E-state index contributed by atoms with van der Waals surface area (Å²) in [7, 11) is 0. The van der Waals surface area contributed by atoms with Gasteiger partial charge >= 0.3 is 6.09 Å². The van der Waals surface area contributed by atoms with Crippen LogP contribution in [0.5, 0.6) is 0 Å². The first-order chi connectivity index (χ1) is 11.4. The van der Waals surface area contributed by atoms with Crippen molar-refractivity contribution < 1.29 is 19.5 Å². The van der Waals surface area contributed by atoms with Crippen molar-refractivity contribution in [2.24, 2.45) is 5.41 Å². The third-order valence-electron chi connectivity index (χ3n) is 4.47. The summed E-state index contributed by atoms with van der Waals surface area (Å²) in [5, 5.41) is 9.76. The monoisotopic (exact) mass is 346 g/mol. The molecule has 0 spiro atoms. The smallest absolute Gasteiger partial charge is 0.408 e. The zero-order valence-electron chi connectivity index (χ0n) is 15.7. The van der Waals surface area contributed by atoms with E-state index in [1.54, 1.807) is 24.3 Å². The number of fused-ring (bicyclic) bond motifs is 1. The van der Waals surface area contributed by atoms with Crippen LogP contribution in [0.4, 0.5) is 4.79 Å². The molecule has 0 fully saturated rings. The van der Waals surface area contributed by atoms with Crippen molar-refractivity contribution in [1.82, 2.24) is 9.80 Å². The minimum absolute atomic E-state index is 0.0272. The van der Waals surface area contributed by atoms with Gasteiger partial charge in [0.2, 0.25) is 0 Å². The number of imide groups is 1. The lowest BCUT2D eigenvalue weighted by Crippen LogP contribution is -2.60. The first-order valence-corrected chi connectivity index (χ1v) is 8.33. The largest absolute Gasteiger partial charge is 0.465 e. The van der Waals surface area contributed by atoms with E-state index in [0.29, 0.717) is 11.1 Å². The summed E-state index contributed by atoms with van der Waals surface area (Å²) >= 11 is 0. The lowest BCUT2D eigenvalue weighted by Gasteiger charge is -2.46. The number of benzene rings is 1. The van der Waals surface area contributed by atoms with Crippen molar-refractivity contribution in [3.05, 3.63) is 35.4 Å². The number of nitrogens with zero attached hydrogens (tertiary/aromatic N) is 2. The number of carboxylic acid groups (broad SMARTS) is 1. The average Bonchev–Trinajstić information content (AvgIpc) is 2.69. The normalized spacial score (nSPS) is 16.0. The van der Waals surface area contributed by atoms with Crippen LogP contribution < -0.4 is 0 Å². The second kappa shape index (κ2) is 6.17. The summed E-state index contributed by atoms with van der Waals surface area (Å²) in [5.74, 6) is -0.733. The highest BCUT2D eigenvalue weighted by Gasteiger charge is 2.44. The van der Waals surface area contributed by atoms with E-state index in [1.165, 1.54) is 9.80 Å². The lowest BCUT2D eigenvalue weighted by molar-refractivity contribution is 0.0122. The van der Waals surface area contributed by atoms with Gasteiger partial charge < -0.3 is 5.11 Å². The molecule has 0 bridgehead atoms. The molecule has 1 aliphatic rings. The molecule has 1 aliphatic heterocycles. The van der Waals surface area contributed by atoms with Crippen LogP contribution in [-0.2, 0) is 0 Å². The highest BCUT2D eigenvalue weighted by Crippen LogP contribution is 2.33. The van der Waals surface area contributed by atoms with Gasteiger partial charge in [0, 0.05) is 5.54 Å². The quantitative estimate of drug-likeness (QED) is 0.850. The first kappa shape index (κ1) is 19.0. The summed E-state index contributed by atoms with van der Waals surface area (Å²) in [4.78, 5) is 39.7. The summed E-state index contributed by atoms with van der Waals surface area (Å²) in [6.07, 6.45) is -1.07. The van der Waals surface area contributed by atoms with Gasteiger partial charge in [-0.2, -0.15) is 0 Å². The van der Waals surface area contributed by atoms with Gasteiger partial charge in [0.25, 0.3) is 11.8 Å². The summed E-state index contributed by atoms with van der Waals surface area (Å²) in [5.41, 5.74) is -0.376. The van der Waals surface area contributed by atoms with Crippen molar-refractivity contribution in [2.75, 3.05) is 6.54 Å². The molecule has 1 aromatic rings. The van der Waals surface area contributed by atoms with Crippen LogP contribution in [0.15, 0.2) is 24.3 Å². The van der Waals surface area contributed by atoms with Crippen molar-refractivity contribution in [1.29, 1.82) is 0 Å². The zero-order chi connectivity index (χ0) is 19.2. The van der Waals surface area contributed by atoms with Gasteiger partial charge in [-0.05, 0) is 38.3 Å². The van der Waals surface area contributed by atoms with E-state index >= 15 is 0 Å². The van der Waals surface area contributed by atoms with E-state index in [-0.39, 0.29) is 18.4 Å². The van der Waals surface area contributed by atoms with Gasteiger partial charge in [0.05, 0.1) is 23.7 Å². The third kappa shape index (κ3) is 3.52. The van der Waals surface area contributed by atoms with E-state index in [4.69, 9.17) is 0 Å². The Bertz CT molecular complexity index is 678. The molecule has 25 heavy (non-hydrogen) atoms. The van der Waals surface area contributed by atoms with Crippen LogP contribution in [0.3, 0.4) is 0 Å². The second-order valence-electron chi connectivity index (χ2n) is 8.47. The molecule has 1 aromatic carbocycles. The SMILES string of the molecule is CC(C)(C)C(CN1C(=O)c2ccccc2C1=O)N(C(=O)O)C(C)(C)C. The molecule has 136 valence electrons. The topological polar surface area (TPSA) is 77.9 Å². The predicted molar refractivity (Wildman–Crippen MR) is 94.7 cm³/mol. The highest BCUT2D eigenvalue weighted by atomic mass is 16.4. The molecule has 6 heteroatoms. The maximum Gasteiger partial charge on any atom is 0.408 e. The van der Waals surface area contributed by atoms with Crippen molar-refractivity contribution >= 4 is 17.9 Å². The Morgan fingerprint density at radius 2 is 1.48 bits per heavy atom. The Kier molecular flexibility index (Phi) is 4.68. The Balaban J connectivity index is 2.41. The maximum atomic E-state index is 12.7. The van der Waals surface area contributed by atoms with Crippen LogP contribution >= 0.6 is 0 Å². The maximum absolute atomic E-state index is 12.7. The van der Waals surface area contributed by atoms with Crippen molar-refractivity contribution in [3.8, 4) is 0 Å². The molecule has 1 unspecified atom stereocenters. The van der Waals surface area contributed by atoms with Gasteiger partial charge in [-0.25, -0.2) is 4.79 Å². The number of carbonyl (C=O) groups is 3. The van der Waals surface area contributed by atoms with Gasteiger partial charge in [-0.1, -0.05) is 32.9 Å². The molecule has 0 radical (unpaired) electrons. The number of hydrogen-bond donors (Lipinski definition) is 1. The number of rotatable bonds is 3. The Labute approximate surface area is 148 Å². The van der Waals surface area contributed by atoms with Crippen LogP contribution in [0, 0.1) is 5.41 Å². The van der Waals surface area contributed by atoms with Gasteiger partial charge in [-0.15, -0.1) is 0 Å². The fraction of sp³-hybridized carbons (Fsp3) is 0.526. The molecule has 2 rings (SSSR count). The second-order valence-corrected chi connectivity index (χ2v) is 8.47. The molecule has 1 N–H and O–H groups in total. The highest BCUT2D eigenvalue weighted by molar-refractivity contribution is 6.21. The molecule has 0 saturated carbocycles. The average molecular weight is 346 g/mol. The molecule has 0 aliphatic carbocycles. The van der Waals surface area contributed by atoms with Crippen molar-refractivity contribution in [3.63, 3.8) is 0 Å².